The van der Waals surface area contributed by atoms with Crippen molar-refractivity contribution in [1.82, 2.24) is 4.98 Å². The van der Waals surface area contributed by atoms with E-state index >= 15 is 0 Å². The van der Waals surface area contributed by atoms with Crippen molar-refractivity contribution in [3.8, 4) is 16.3 Å². The second kappa shape index (κ2) is 6.11. The van der Waals surface area contributed by atoms with Crippen LogP contribution in [0.15, 0.2) is 47.8 Å². The smallest absolute Gasteiger partial charge is 0.136 e. The number of halogens is 2. The number of rotatable bonds is 4. The summed E-state index contributed by atoms with van der Waals surface area (Å²) in [4.78, 5) is 4.22. The van der Waals surface area contributed by atoms with Crippen LogP contribution in [0.5, 0.6) is 5.75 Å². The van der Waals surface area contributed by atoms with E-state index in [1.165, 1.54) is 29.5 Å². The summed E-state index contributed by atoms with van der Waals surface area (Å²) in [5.74, 6) is -0.637. The summed E-state index contributed by atoms with van der Waals surface area (Å²) in [7, 11) is 0. The lowest BCUT2D eigenvalue weighted by atomic mass is 10.2. The standard InChI is InChI=1S/C16H12F2N2OS/c17-13-5-2-6-14(18)15(13)16-20-11(9-22-16)8-21-12-4-1-3-10(19)7-12/h1-7,9H,8,19H2. The fraction of sp³-hybridized carbons (Fsp3) is 0.0625. The van der Waals surface area contributed by atoms with Crippen LogP contribution in [-0.4, -0.2) is 4.98 Å². The maximum absolute atomic E-state index is 13.7. The SMILES string of the molecule is Nc1cccc(OCc2csc(-c3c(F)cccc3F)n2)c1. The fourth-order valence-electron chi connectivity index (χ4n) is 1.95. The lowest BCUT2D eigenvalue weighted by molar-refractivity contribution is 0.302. The quantitative estimate of drug-likeness (QED) is 0.732. The normalized spacial score (nSPS) is 10.6. The van der Waals surface area contributed by atoms with Crippen LogP contribution in [0.1, 0.15) is 5.69 Å². The molecule has 0 unspecified atom stereocenters. The third-order valence-corrected chi connectivity index (χ3v) is 3.88. The third kappa shape index (κ3) is 3.07. The highest BCUT2D eigenvalue weighted by Gasteiger charge is 2.14. The Labute approximate surface area is 130 Å². The second-order valence-corrected chi connectivity index (χ2v) is 5.46. The second-order valence-electron chi connectivity index (χ2n) is 4.60. The van der Waals surface area contributed by atoms with Crippen LogP contribution in [0.2, 0.25) is 0 Å². The van der Waals surface area contributed by atoms with Gasteiger partial charge in [-0.3, -0.25) is 0 Å². The lowest BCUT2D eigenvalue weighted by Gasteiger charge is -2.04. The number of nitrogen functional groups attached to an aromatic ring is 1. The Kier molecular flexibility index (Phi) is 4.02. The predicted molar refractivity (Wildman–Crippen MR) is 82.7 cm³/mol. The molecule has 6 heteroatoms. The van der Waals surface area contributed by atoms with E-state index in [9.17, 15) is 8.78 Å². The fourth-order valence-corrected chi connectivity index (χ4v) is 2.80. The number of aromatic nitrogens is 1. The van der Waals surface area contributed by atoms with Gasteiger partial charge in [-0.05, 0) is 24.3 Å². The van der Waals surface area contributed by atoms with Crippen LogP contribution in [0, 0.1) is 11.6 Å². The first-order valence-electron chi connectivity index (χ1n) is 6.50. The monoisotopic (exact) mass is 318 g/mol. The molecule has 0 fully saturated rings. The number of nitrogens with two attached hydrogens (primary N) is 1. The number of hydrogen-bond acceptors (Lipinski definition) is 4. The topological polar surface area (TPSA) is 48.1 Å². The average Bonchev–Trinajstić information content (AvgIpc) is 2.94. The van der Waals surface area contributed by atoms with Crippen molar-refractivity contribution >= 4 is 17.0 Å². The van der Waals surface area contributed by atoms with Gasteiger partial charge in [0.2, 0.25) is 0 Å². The number of anilines is 1. The molecule has 0 bridgehead atoms. The van der Waals surface area contributed by atoms with Gasteiger partial charge in [0.15, 0.2) is 0 Å². The minimum Gasteiger partial charge on any atom is -0.487 e. The Morgan fingerprint density at radius 2 is 1.82 bits per heavy atom. The molecule has 0 atom stereocenters. The van der Waals surface area contributed by atoms with Crippen molar-refractivity contribution < 1.29 is 13.5 Å². The Hall–Kier alpha value is -2.47. The van der Waals surface area contributed by atoms with E-state index in [4.69, 9.17) is 10.5 Å². The minimum absolute atomic E-state index is 0.109. The van der Waals surface area contributed by atoms with Crippen molar-refractivity contribution in [3.63, 3.8) is 0 Å². The van der Waals surface area contributed by atoms with Crippen molar-refractivity contribution in [2.24, 2.45) is 0 Å². The predicted octanol–water partition coefficient (Wildman–Crippen LogP) is 4.25. The maximum Gasteiger partial charge on any atom is 0.136 e. The van der Waals surface area contributed by atoms with Gasteiger partial charge < -0.3 is 10.5 Å². The van der Waals surface area contributed by atoms with Gasteiger partial charge in [0.1, 0.15) is 29.0 Å². The highest BCUT2D eigenvalue weighted by Crippen LogP contribution is 2.29. The summed E-state index contributed by atoms with van der Waals surface area (Å²) in [6, 6.07) is 10.8. The molecule has 0 aliphatic carbocycles. The first-order chi connectivity index (χ1) is 10.6. The zero-order chi connectivity index (χ0) is 15.5. The number of nitrogens with zero attached hydrogens (tertiary/aromatic N) is 1. The van der Waals surface area contributed by atoms with Gasteiger partial charge in [0, 0.05) is 17.1 Å². The van der Waals surface area contributed by atoms with Crippen LogP contribution in [-0.2, 0) is 6.61 Å². The molecule has 112 valence electrons. The highest BCUT2D eigenvalue weighted by molar-refractivity contribution is 7.13. The molecule has 0 radical (unpaired) electrons. The van der Waals surface area contributed by atoms with E-state index in [2.05, 4.69) is 4.98 Å². The van der Waals surface area contributed by atoms with E-state index in [-0.39, 0.29) is 12.2 Å². The summed E-state index contributed by atoms with van der Waals surface area (Å²) in [6.45, 7) is 0.204. The van der Waals surface area contributed by atoms with Crippen LogP contribution in [0.4, 0.5) is 14.5 Å². The molecule has 1 aromatic heterocycles. The Morgan fingerprint density at radius 3 is 2.55 bits per heavy atom. The van der Waals surface area contributed by atoms with E-state index in [1.54, 1.807) is 29.6 Å². The molecule has 1 heterocycles. The molecular formula is C16H12F2N2OS. The Balaban J connectivity index is 1.77. The largest absolute Gasteiger partial charge is 0.487 e. The maximum atomic E-state index is 13.7. The van der Waals surface area contributed by atoms with Crippen LogP contribution in [0.3, 0.4) is 0 Å². The molecule has 22 heavy (non-hydrogen) atoms. The van der Waals surface area contributed by atoms with Crippen LogP contribution >= 0.6 is 11.3 Å². The summed E-state index contributed by atoms with van der Waals surface area (Å²) < 4.78 is 33.0. The summed E-state index contributed by atoms with van der Waals surface area (Å²) in [5.41, 5.74) is 6.76. The molecule has 2 N–H and O–H groups in total. The third-order valence-electron chi connectivity index (χ3n) is 2.97. The zero-order valence-corrected chi connectivity index (χ0v) is 12.2. The van der Waals surface area contributed by atoms with E-state index in [0.717, 1.165) is 0 Å². The number of hydrogen-bond donors (Lipinski definition) is 1. The van der Waals surface area contributed by atoms with E-state index in [1.807, 2.05) is 0 Å². The minimum atomic E-state index is -0.627. The van der Waals surface area contributed by atoms with Crippen molar-refractivity contribution in [1.29, 1.82) is 0 Å². The van der Waals surface area contributed by atoms with E-state index in [0.29, 0.717) is 22.1 Å². The summed E-state index contributed by atoms with van der Waals surface area (Å²) in [6.07, 6.45) is 0. The van der Waals surface area contributed by atoms with Crippen molar-refractivity contribution in [3.05, 3.63) is 65.2 Å². The number of benzene rings is 2. The molecule has 0 saturated carbocycles. The zero-order valence-electron chi connectivity index (χ0n) is 11.4. The Bertz CT molecular complexity index is 784. The average molecular weight is 318 g/mol. The van der Waals surface area contributed by atoms with Gasteiger partial charge in [-0.1, -0.05) is 12.1 Å². The molecule has 2 aromatic carbocycles. The summed E-state index contributed by atoms with van der Waals surface area (Å²) >= 11 is 1.17. The van der Waals surface area contributed by atoms with Gasteiger partial charge >= 0.3 is 0 Å². The molecule has 0 spiro atoms. The van der Waals surface area contributed by atoms with Crippen molar-refractivity contribution in [2.45, 2.75) is 6.61 Å². The van der Waals surface area contributed by atoms with Gasteiger partial charge in [-0.25, -0.2) is 13.8 Å². The van der Waals surface area contributed by atoms with E-state index < -0.39 is 11.6 Å². The lowest BCUT2D eigenvalue weighted by Crippen LogP contribution is -1.97. The molecule has 0 aliphatic rings. The number of thiazole rings is 1. The molecule has 3 aromatic rings. The van der Waals surface area contributed by atoms with Crippen LogP contribution < -0.4 is 10.5 Å². The first kappa shape index (κ1) is 14.5. The molecule has 0 amide bonds. The highest BCUT2D eigenvalue weighted by atomic mass is 32.1. The number of ether oxygens (including phenoxy) is 1. The van der Waals surface area contributed by atoms with Gasteiger partial charge in [-0.15, -0.1) is 11.3 Å². The van der Waals surface area contributed by atoms with Gasteiger partial charge in [0.25, 0.3) is 0 Å². The van der Waals surface area contributed by atoms with Crippen LogP contribution in [0.25, 0.3) is 10.6 Å². The molecule has 3 nitrogen and oxygen atoms in total. The van der Waals surface area contributed by atoms with Gasteiger partial charge in [0.05, 0.1) is 11.3 Å². The van der Waals surface area contributed by atoms with Gasteiger partial charge in [-0.2, -0.15) is 0 Å². The van der Waals surface area contributed by atoms with Crippen molar-refractivity contribution in [2.75, 3.05) is 5.73 Å². The molecular weight excluding hydrogens is 306 g/mol. The first-order valence-corrected chi connectivity index (χ1v) is 7.38. The summed E-state index contributed by atoms with van der Waals surface area (Å²) in [5, 5.41) is 2.01. The molecule has 0 saturated heterocycles. The Morgan fingerprint density at radius 1 is 1.09 bits per heavy atom. The molecule has 0 aliphatic heterocycles. The molecule has 3 rings (SSSR count).